The van der Waals surface area contributed by atoms with Crippen LogP contribution >= 0.6 is 0 Å². The van der Waals surface area contributed by atoms with Crippen molar-refractivity contribution in [2.45, 2.75) is 13.0 Å². The van der Waals surface area contributed by atoms with Crippen LogP contribution in [0.15, 0.2) is 35.1 Å². The van der Waals surface area contributed by atoms with Gasteiger partial charge in [0.1, 0.15) is 0 Å². The van der Waals surface area contributed by atoms with Crippen LogP contribution in [0.3, 0.4) is 0 Å². The second-order valence-electron chi connectivity index (χ2n) is 5.13. The number of hydrogen-bond acceptors (Lipinski definition) is 6. The molecule has 0 radical (unpaired) electrons. The maximum Gasteiger partial charge on any atom is 0.286 e. The summed E-state index contributed by atoms with van der Waals surface area (Å²) < 4.78 is 1.46. The number of carbonyl (C=O) groups is 1. The van der Waals surface area contributed by atoms with Crippen LogP contribution in [0.1, 0.15) is 16.9 Å². The van der Waals surface area contributed by atoms with Gasteiger partial charge in [-0.1, -0.05) is 18.2 Å². The lowest BCUT2D eigenvalue weighted by Crippen LogP contribution is -2.35. The lowest BCUT2D eigenvalue weighted by atomic mass is 10.3. The minimum atomic E-state index is -0.565. The van der Waals surface area contributed by atoms with Crippen LogP contribution < -0.4 is 15.8 Å². The molecule has 8 nitrogen and oxygen atoms in total. The number of nitrogens with zero attached hydrogens (tertiary/aromatic N) is 4. The summed E-state index contributed by atoms with van der Waals surface area (Å²) in [6.07, 6.45) is 0.424. The SMILES string of the molecule is O=C(NCCCO)c1nnc2n(c1=O)CCN2c1ccccc1. The first-order chi connectivity index (χ1) is 11.2. The van der Waals surface area contributed by atoms with Gasteiger partial charge in [-0.2, -0.15) is 0 Å². The van der Waals surface area contributed by atoms with Gasteiger partial charge in [-0.15, -0.1) is 10.2 Å². The van der Waals surface area contributed by atoms with Crippen LogP contribution in [-0.4, -0.2) is 45.5 Å². The van der Waals surface area contributed by atoms with Gasteiger partial charge < -0.3 is 15.3 Å². The monoisotopic (exact) mass is 315 g/mol. The molecule has 1 aliphatic rings. The highest BCUT2D eigenvalue weighted by molar-refractivity contribution is 5.91. The van der Waals surface area contributed by atoms with Crippen LogP contribution in [0.4, 0.5) is 11.6 Å². The molecule has 23 heavy (non-hydrogen) atoms. The van der Waals surface area contributed by atoms with E-state index in [0.29, 0.717) is 25.5 Å². The number of hydrogen-bond donors (Lipinski definition) is 2. The molecule has 3 rings (SSSR count). The molecule has 1 aromatic heterocycles. The number of para-hydroxylation sites is 1. The zero-order chi connectivity index (χ0) is 16.2. The molecule has 120 valence electrons. The summed E-state index contributed by atoms with van der Waals surface area (Å²) in [5.74, 6) is -0.127. The van der Waals surface area contributed by atoms with Crippen molar-refractivity contribution in [3.63, 3.8) is 0 Å². The Morgan fingerprint density at radius 1 is 1.22 bits per heavy atom. The third-order valence-corrected chi connectivity index (χ3v) is 3.62. The van der Waals surface area contributed by atoms with Crippen molar-refractivity contribution < 1.29 is 9.90 Å². The maximum absolute atomic E-state index is 12.4. The fourth-order valence-corrected chi connectivity index (χ4v) is 2.47. The molecule has 1 amide bonds. The van der Waals surface area contributed by atoms with Crippen molar-refractivity contribution >= 4 is 17.5 Å². The second-order valence-corrected chi connectivity index (χ2v) is 5.13. The van der Waals surface area contributed by atoms with E-state index in [1.165, 1.54) is 4.57 Å². The third kappa shape index (κ3) is 2.93. The summed E-state index contributed by atoms with van der Waals surface area (Å²) in [4.78, 5) is 26.3. The van der Waals surface area contributed by atoms with Gasteiger partial charge in [-0.3, -0.25) is 14.2 Å². The summed E-state index contributed by atoms with van der Waals surface area (Å²) in [7, 11) is 0. The van der Waals surface area contributed by atoms with E-state index < -0.39 is 11.5 Å². The van der Waals surface area contributed by atoms with Gasteiger partial charge in [0.2, 0.25) is 11.6 Å². The van der Waals surface area contributed by atoms with Gasteiger partial charge in [0.05, 0.1) is 0 Å². The van der Waals surface area contributed by atoms with E-state index in [1.54, 1.807) is 0 Å². The molecule has 0 spiro atoms. The Kier molecular flexibility index (Phi) is 4.33. The van der Waals surface area contributed by atoms with Crippen LogP contribution in [0.2, 0.25) is 0 Å². The number of aliphatic hydroxyl groups excluding tert-OH is 1. The fourth-order valence-electron chi connectivity index (χ4n) is 2.47. The molecule has 0 saturated heterocycles. The van der Waals surface area contributed by atoms with Crippen LogP contribution in [-0.2, 0) is 6.54 Å². The Labute approximate surface area is 132 Å². The molecule has 1 aromatic carbocycles. The van der Waals surface area contributed by atoms with E-state index in [4.69, 9.17) is 5.11 Å². The third-order valence-electron chi connectivity index (χ3n) is 3.62. The molecule has 0 atom stereocenters. The number of benzene rings is 1. The number of amides is 1. The highest BCUT2D eigenvalue weighted by Gasteiger charge is 2.26. The van der Waals surface area contributed by atoms with Crippen molar-refractivity contribution in [3.8, 4) is 0 Å². The molecule has 2 heterocycles. The van der Waals surface area contributed by atoms with Gasteiger partial charge in [-0.25, -0.2) is 0 Å². The minimum absolute atomic E-state index is 0.0266. The van der Waals surface area contributed by atoms with Crippen molar-refractivity contribution in [3.05, 3.63) is 46.4 Å². The van der Waals surface area contributed by atoms with E-state index >= 15 is 0 Å². The molecule has 2 N–H and O–H groups in total. The summed E-state index contributed by atoms with van der Waals surface area (Å²) in [6.45, 7) is 1.31. The molecule has 1 aliphatic heterocycles. The molecule has 0 saturated carbocycles. The van der Waals surface area contributed by atoms with Crippen molar-refractivity contribution in [2.24, 2.45) is 0 Å². The second kappa shape index (κ2) is 6.57. The summed E-state index contributed by atoms with van der Waals surface area (Å²) in [5.41, 5.74) is 0.254. The smallest absolute Gasteiger partial charge is 0.286 e. The topological polar surface area (TPSA) is 100 Å². The normalized spacial score (nSPS) is 13.0. The van der Waals surface area contributed by atoms with E-state index in [9.17, 15) is 9.59 Å². The van der Waals surface area contributed by atoms with Gasteiger partial charge in [0, 0.05) is 31.9 Å². The van der Waals surface area contributed by atoms with E-state index in [1.807, 2.05) is 35.2 Å². The first-order valence-corrected chi connectivity index (χ1v) is 7.41. The first kappa shape index (κ1) is 15.2. The maximum atomic E-state index is 12.4. The van der Waals surface area contributed by atoms with Crippen LogP contribution in [0.5, 0.6) is 0 Å². The van der Waals surface area contributed by atoms with Crippen LogP contribution in [0.25, 0.3) is 0 Å². The Morgan fingerprint density at radius 2 is 2.00 bits per heavy atom. The summed E-state index contributed by atoms with van der Waals surface area (Å²) >= 11 is 0. The lowest BCUT2D eigenvalue weighted by Gasteiger charge is -2.16. The number of fused-ring (bicyclic) bond motifs is 1. The first-order valence-electron chi connectivity index (χ1n) is 7.41. The Balaban J connectivity index is 1.87. The summed E-state index contributed by atoms with van der Waals surface area (Å²) in [6, 6.07) is 9.59. The zero-order valence-electron chi connectivity index (χ0n) is 12.5. The van der Waals surface area contributed by atoms with Crippen molar-refractivity contribution in [1.82, 2.24) is 20.1 Å². The van der Waals surface area contributed by atoms with Gasteiger partial charge in [0.25, 0.3) is 11.5 Å². The fraction of sp³-hybridized carbons (Fsp3) is 0.333. The number of rotatable bonds is 5. The Morgan fingerprint density at radius 3 is 2.74 bits per heavy atom. The molecule has 8 heteroatoms. The van der Waals surface area contributed by atoms with Gasteiger partial charge in [0.15, 0.2) is 0 Å². The van der Waals surface area contributed by atoms with Gasteiger partial charge >= 0.3 is 0 Å². The molecular weight excluding hydrogens is 298 g/mol. The molecule has 2 aromatic rings. The number of anilines is 2. The predicted molar refractivity (Wildman–Crippen MR) is 83.8 cm³/mol. The van der Waals surface area contributed by atoms with E-state index in [-0.39, 0.29) is 18.8 Å². The summed E-state index contributed by atoms with van der Waals surface area (Å²) in [5, 5.41) is 19.1. The highest BCUT2D eigenvalue weighted by Crippen LogP contribution is 2.25. The number of nitrogens with one attached hydrogen (secondary N) is 1. The average molecular weight is 315 g/mol. The lowest BCUT2D eigenvalue weighted by molar-refractivity contribution is 0.0942. The van der Waals surface area contributed by atoms with Crippen molar-refractivity contribution in [2.75, 3.05) is 24.6 Å². The standard InChI is InChI=1S/C15H17N5O3/c21-10-4-7-16-13(22)12-14(23)20-9-8-19(15(20)18-17-12)11-5-2-1-3-6-11/h1-3,5-6,21H,4,7-10H2,(H,16,22). The van der Waals surface area contributed by atoms with Gasteiger partial charge in [-0.05, 0) is 18.6 Å². The predicted octanol–water partition coefficient (Wildman–Crippen LogP) is -0.0978. The molecule has 0 fully saturated rings. The highest BCUT2D eigenvalue weighted by atomic mass is 16.3. The number of aromatic nitrogens is 3. The molecule has 0 bridgehead atoms. The largest absolute Gasteiger partial charge is 0.396 e. The molecule has 0 aliphatic carbocycles. The molecule has 0 unspecified atom stereocenters. The molecular formula is C15H17N5O3. The quantitative estimate of drug-likeness (QED) is 0.748. The average Bonchev–Trinajstić information content (AvgIpc) is 3.01. The Bertz CT molecular complexity index is 759. The van der Waals surface area contributed by atoms with E-state index in [2.05, 4.69) is 15.5 Å². The minimum Gasteiger partial charge on any atom is -0.396 e. The van der Waals surface area contributed by atoms with Crippen molar-refractivity contribution in [1.29, 1.82) is 0 Å². The van der Waals surface area contributed by atoms with E-state index in [0.717, 1.165) is 5.69 Å². The Hall–Kier alpha value is -2.74. The van der Waals surface area contributed by atoms with Crippen LogP contribution in [0, 0.1) is 0 Å². The number of carbonyl (C=O) groups excluding carboxylic acids is 1. The number of aliphatic hydroxyl groups is 1. The zero-order valence-corrected chi connectivity index (χ0v) is 12.5.